The normalized spacial score (nSPS) is 15.7. The van der Waals surface area contributed by atoms with Crippen molar-refractivity contribution in [3.05, 3.63) is 71.8 Å². The molecule has 0 radical (unpaired) electrons. The van der Waals surface area contributed by atoms with E-state index in [-0.39, 0.29) is 5.91 Å². The van der Waals surface area contributed by atoms with Gasteiger partial charge in [0.05, 0.1) is 13.2 Å². The van der Waals surface area contributed by atoms with Gasteiger partial charge in [0.1, 0.15) is 0 Å². The standard InChI is InChI=1S/C20H24N2O3/c1-2-25-20(17-9-5-3-6-10-17,18-11-7-4-8-12-18)19(23)21-22-13-15-24-16-14-22/h3-12H,2,13-16H2,1H3,(H,21,23). The number of carbonyl (C=O) groups excluding carboxylic acids is 1. The Hall–Kier alpha value is -2.21. The molecule has 1 N–H and O–H groups in total. The number of amides is 1. The molecule has 25 heavy (non-hydrogen) atoms. The molecule has 1 saturated heterocycles. The third kappa shape index (κ3) is 3.74. The van der Waals surface area contributed by atoms with E-state index in [1.807, 2.05) is 72.6 Å². The molecule has 0 unspecified atom stereocenters. The van der Waals surface area contributed by atoms with Crippen molar-refractivity contribution in [2.45, 2.75) is 12.5 Å². The zero-order chi connectivity index (χ0) is 17.5. The Labute approximate surface area is 148 Å². The van der Waals surface area contributed by atoms with Crippen LogP contribution in [0.25, 0.3) is 0 Å². The molecule has 0 spiro atoms. The van der Waals surface area contributed by atoms with E-state index in [1.165, 1.54) is 0 Å². The highest BCUT2D eigenvalue weighted by Gasteiger charge is 2.43. The monoisotopic (exact) mass is 340 g/mol. The zero-order valence-electron chi connectivity index (χ0n) is 14.5. The molecule has 1 heterocycles. The smallest absolute Gasteiger partial charge is 0.275 e. The van der Waals surface area contributed by atoms with Gasteiger partial charge in [0.15, 0.2) is 5.60 Å². The molecular formula is C20H24N2O3. The summed E-state index contributed by atoms with van der Waals surface area (Å²) in [6.45, 7) is 4.87. The molecule has 5 heteroatoms. The Balaban J connectivity index is 2.02. The lowest BCUT2D eigenvalue weighted by molar-refractivity contribution is -0.149. The first kappa shape index (κ1) is 17.6. The first-order valence-electron chi connectivity index (χ1n) is 8.66. The van der Waals surface area contributed by atoms with Crippen molar-refractivity contribution in [2.75, 3.05) is 32.9 Å². The third-order valence-corrected chi connectivity index (χ3v) is 4.31. The second-order valence-electron chi connectivity index (χ2n) is 5.89. The van der Waals surface area contributed by atoms with E-state index in [9.17, 15) is 4.79 Å². The summed E-state index contributed by atoms with van der Waals surface area (Å²) >= 11 is 0. The van der Waals surface area contributed by atoms with Crippen LogP contribution in [0.4, 0.5) is 0 Å². The zero-order valence-corrected chi connectivity index (χ0v) is 14.5. The van der Waals surface area contributed by atoms with Crippen molar-refractivity contribution in [1.82, 2.24) is 10.4 Å². The number of nitrogens with zero attached hydrogens (tertiary/aromatic N) is 1. The number of ether oxygens (including phenoxy) is 2. The summed E-state index contributed by atoms with van der Waals surface area (Å²) in [5.41, 5.74) is 3.47. The van der Waals surface area contributed by atoms with E-state index >= 15 is 0 Å². The first-order chi connectivity index (χ1) is 12.3. The maximum atomic E-state index is 13.4. The van der Waals surface area contributed by atoms with Gasteiger partial charge in [-0.1, -0.05) is 60.7 Å². The predicted octanol–water partition coefficient (Wildman–Crippen LogP) is 2.33. The largest absolute Gasteiger partial charge is 0.379 e. The third-order valence-electron chi connectivity index (χ3n) is 4.31. The Bertz CT molecular complexity index is 630. The highest BCUT2D eigenvalue weighted by atomic mass is 16.5. The summed E-state index contributed by atoms with van der Waals surface area (Å²) in [5.74, 6) is -0.186. The summed E-state index contributed by atoms with van der Waals surface area (Å²) in [7, 11) is 0. The molecule has 1 amide bonds. The topological polar surface area (TPSA) is 50.8 Å². The number of carbonyl (C=O) groups is 1. The predicted molar refractivity (Wildman–Crippen MR) is 95.8 cm³/mol. The van der Waals surface area contributed by atoms with Crippen molar-refractivity contribution in [1.29, 1.82) is 0 Å². The molecule has 0 bridgehead atoms. The summed E-state index contributed by atoms with van der Waals surface area (Å²) in [4.78, 5) is 13.4. The van der Waals surface area contributed by atoms with E-state index in [4.69, 9.17) is 9.47 Å². The fraction of sp³-hybridized carbons (Fsp3) is 0.350. The SMILES string of the molecule is CCOC(C(=O)NN1CCOCC1)(c1ccccc1)c1ccccc1. The molecule has 2 aromatic carbocycles. The number of rotatable bonds is 6. The Morgan fingerprint density at radius 3 is 2.04 bits per heavy atom. The Kier molecular flexibility index (Phi) is 5.81. The van der Waals surface area contributed by atoms with Crippen LogP contribution < -0.4 is 5.43 Å². The van der Waals surface area contributed by atoms with Gasteiger partial charge >= 0.3 is 0 Å². The molecule has 132 valence electrons. The minimum Gasteiger partial charge on any atom is -0.379 e. The van der Waals surface area contributed by atoms with Crippen LogP contribution in [0.15, 0.2) is 60.7 Å². The van der Waals surface area contributed by atoms with Crippen LogP contribution in [-0.4, -0.2) is 43.8 Å². The van der Waals surface area contributed by atoms with Gasteiger partial charge in [-0.15, -0.1) is 0 Å². The molecular weight excluding hydrogens is 316 g/mol. The number of benzene rings is 2. The summed E-state index contributed by atoms with van der Waals surface area (Å²) < 4.78 is 11.5. The van der Waals surface area contributed by atoms with E-state index in [1.54, 1.807) is 0 Å². The molecule has 2 aromatic rings. The number of hydrazine groups is 1. The quantitative estimate of drug-likeness (QED) is 0.877. The number of morpholine rings is 1. The molecule has 1 aliphatic rings. The lowest BCUT2D eigenvalue weighted by atomic mass is 9.85. The van der Waals surface area contributed by atoms with E-state index < -0.39 is 5.60 Å². The van der Waals surface area contributed by atoms with Crippen molar-refractivity contribution in [2.24, 2.45) is 0 Å². The van der Waals surface area contributed by atoms with Gasteiger partial charge in [-0.2, -0.15) is 0 Å². The molecule has 0 saturated carbocycles. The van der Waals surface area contributed by atoms with Gasteiger partial charge in [0.2, 0.25) is 0 Å². The molecule has 3 rings (SSSR count). The van der Waals surface area contributed by atoms with Gasteiger partial charge in [-0.25, -0.2) is 5.01 Å². The van der Waals surface area contributed by atoms with Gasteiger partial charge < -0.3 is 9.47 Å². The Morgan fingerprint density at radius 2 is 1.56 bits per heavy atom. The molecule has 1 aliphatic heterocycles. The number of hydrogen-bond acceptors (Lipinski definition) is 4. The van der Waals surface area contributed by atoms with Crippen molar-refractivity contribution >= 4 is 5.91 Å². The summed E-state index contributed by atoms with van der Waals surface area (Å²) in [6, 6.07) is 19.3. The van der Waals surface area contributed by atoms with Crippen LogP contribution in [0.5, 0.6) is 0 Å². The van der Waals surface area contributed by atoms with Gasteiger partial charge in [0.25, 0.3) is 5.91 Å². The van der Waals surface area contributed by atoms with Crippen LogP contribution in [0.2, 0.25) is 0 Å². The molecule has 1 fully saturated rings. The number of nitrogens with one attached hydrogen (secondary N) is 1. The second kappa shape index (κ2) is 8.25. The second-order valence-corrected chi connectivity index (χ2v) is 5.89. The lowest BCUT2D eigenvalue weighted by Crippen LogP contribution is -2.56. The van der Waals surface area contributed by atoms with Crippen LogP contribution in [-0.2, 0) is 19.9 Å². The van der Waals surface area contributed by atoms with E-state index in [0.29, 0.717) is 32.9 Å². The van der Waals surface area contributed by atoms with Gasteiger partial charge in [-0.05, 0) is 18.1 Å². The molecule has 0 aliphatic carbocycles. The van der Waals surface area contributed by atoms with Crippen molar-refractivity contribution in [3.8, 4) is 0 Å². The maximum Gasteiger partial charge on any atom is 0.275 e. The first-order valence-corrected chi connectivity index (χ1v) is 8.66. The molecule has 0 aromatic heterocycles. The van der Waals surface area contributed by atoms with Crippen LogP contribution >= 0.6 is 0 Å². The van der Waals surface area contributed by atoms with E-state index in [0.717, 1.165) is 11.1 Å². The number of hydrogen-bond donors (Lipinski definition) is 1. The summed E-state index contributed by atoms with van der Waals surface area (Å²) in [5, 5.41) is 1.89. The van der Waals surface area contributed by atoms with Gasteiger partial charge in [0, 0.05) is 19.7 Å². The van der Waals surface area contributed by atoms with Crippen LogP contribution in [0, 0.1) is 0 Å². The minimum atomic E-state index is -1.18. The summed E-state index contributed by atoms with van der Waals surface area (Å²) in [6.07, 6.45) is 0. The fourth-order valence-electron chi connectivity index (χ4n) is 3.12. The highest BCUT2D eigenvalue weighted by molar-refractivity contribution is 5.90. The van der Waals surface area contributed by atoms with Gasteiger partial charge in [-0.3, -0.25) is 10.2 Å². The fourth-order valence-corrected chi connectivity index (χ4v) is 3.12. The van der Waals surface area contributed by atoms with Crippen LogP contribution in [0.3, 0.4) is 0 Å². The molecule has 5 nitrogen and oxygen atoms in total. The average molecular weight is 340 g/mol. The van der Waals surface area contributed by atoms with E-state index in [2.05, 4.69) is 5.43 Å². The van der Waals surface area contributed by atoms with Crippen molar-refractivity contribution in [3.63, 3.8) is 0 Å². The average Bonchev–Trinajstić information content (AvgIpc) is 2.68. The maximum absolute atomic E-state index is 13.4. The van der Waals surface area contributed by atoms with Crippen molar-refractivity contribution < 1.29 is 14.3 Å². The molecule has 0 atom stereocenters. The lowest BCUT2D eigenvalue weighted by Gasteiger charge is -2.36. The van der Waals surface area contributed by atoms with Crippen LogP contribution in [0.1, 0.15) is 18.1 Å². The minimum absolute atomic E-state index is 0.186. The Morgan fingerprint density at radius 1 is 1.04 bits per heavy atom. The highest BCUT2D eigenvalue weighted by Crippen LogP contribution is 2.34.